The fourth-order valence-corrected chi connectivity index (χ4v) is 4.16. The fourth-order valence-electron chi connectivity index (χ4n) is 2.92. The van der Waals surface area contributed by atoms with Gasteiger partial charge < -0.3 is 5.32 Å². The summed E-state index contributed by atoms with van der Waals surface area (Å²) in [5, 5.41) is 27.5. The number of nitrogens with zero attached hydrogens (tertiary/aromatic N) is 4. The first kappa shape index (κ1) is 17.1. The third-order valence-electron chi connectivity index (χ3n) is 4.26. The van der Waals surface area contributed by atoms with Gasteiger partial charge in [-0.2, -0.15) is 10.4 Å². The van der Waals surface area contributed by atoms with Crippen LogP contribution >= 0.6 is 11.3 Å². The molecule has 130 valence electrons. The van der Waals surface area contributed by atoms with E-state index in [2.05, 4.69) is 16.5 Å². The van der Waals surface area contributed by atoms with Crippen LogP contribution < -0.4 is 5.32 Å². The molecule has 0 aliphatic heterocycles. The summed E-state index contributed by atoms with van der Waals surface area (Å²) in [6.07, 6.45) is 6.48. The number of hydrogen-bond acceptors (Lipinski definition) is 6. The van der Waals surface area contributed by atoms with Gasteiger partial charge in [0, 0.05) is 4.88 Å². The molecule has 1 aliphatic rings. The number of thiophene rings is 1. The Morgan fingerprint density at radius 3 is 3.00 bits per heavy atom. The van der Waals surface area contributed by atoms with Crippen LogP contribution in [0.4, 0.5) is 10.7 Å². The molecule has 8 nitrogen and oxygen atoms in total. The Hall–Kier alpha value is -2.73. The summed E-state index contributed by atoms with van der Waals surface area (Å²) in [5.74, 6) is -0.668. The number of aryl methyl sites for hydroxylation is 1. The van der Waals surface area contributed by atoms with E-state index in [0.717, 1.165) is 37.4 Å². The molecule has 0 fully saturated rings. The molecule has 2 aromatic heterocycles. The maximum Gasteiger partial charge on any atom is 0.306 e. The van der Waals surface area contributed by atoms with Crippen LogP contribution in [-0.4, -0.2) is 20.6 Å². The van der Waals surface area contributed by atoms with E-state index in [1.54, 1.807) is 6.92 Å². The van der Waals surface area contributed by atoms with Crippen molar-refractivity contribution in [3.05, 3.63) is 38.5 Å². The van der Waals surface area contributed by atoms with Gasteiger partial charge in [0.25, 0.3) is 0 Å². The highest BCUT2D eigenvalue weighted by Crippen LogP contribution is 2.37. The van der Waals surface area contributed by atoms with E-state index in [4.69, 9.17) is 0 Å². The lowest BCUT2D eigenvalue weighted by Crippen LogP contribution is -2.24. The van der Waals surface area contributed by atoms with Gasteiger partial charge in [0.1, 0.15) is 23.5 Å². The number of anilines is 1. The van der Waals surface area contributed by atoms with Gasteiger partial charge in [-0.1, -0.05) is 6.92 Å². The molecule has 1 aliphatic carbocycles. The minimum absolute atomic E-state index is 0.106. The molecule has 1 unspecified atom stereocenters. The van der Waals surface area contributed by atoms with Crippen molar-refractivity contribution in [2.45, 2.75) is 39.2 Å². The van der Waals surface area contributed by atoms with Crippen LogP contribution in [0.3, 0.4) is 0 Å². The first-order chi connectivity index (χ1) is 12.0. The van der Waals surface area contributed by atoms with E-state index in [0.29, 0.717) is 10.6 Å². The Kier molecular flexibility index (Phi) is 4.81. The van der Waals surface area contributed by atoms with Crippen molar-refractivity contribution in [2.24, 2.45) is 5.92 Å². The fraction of sp³-hybridized carbons (Fsp3) is 0.438. The van der Waals surface area contributed by atoms with Crippen LogP contribution in [0, 0.1) is 27.4 Å². The van der Waals surface area contributed by atoms with E-state index in [1.807, 2.05) is 0 Å². The third kappa shape index (κ3) is 3.53. The van der Waals surface area contributed by atoms with Crippen LogP contribution in [0.5, 0.6) is 0 Å². The molecule has 0 saturated heterocycles. The zero-order valence-corrected chi connectivity index (χ0v) is 14.5. The van der Waals surface area contributed by atoms with Crippen LogP contribution in [0.25, 0.3) is 0 Å². The smallest absolute Gasteiger partial charge is 0.306 e. The van der Waals surface area contributed by atoms with Gasteiger partial charge in [0.05, 0.1) is 22.9 Å². The first-order valence-corrected chi connectivity index (χ1v) is 8.83. The first-order valence-electron chi connectivity index (χ1n) is 8.02. The van der Waals surface area contributed by atoms with Crippen molar-refractivity contribution in [1.82, 2.24) is 9.78 Å². The molecule has 2 aromatic rings. The molecule has 1 N–H and O–H groups in total. The molecule has 0 radical (unpaired) electrons. The molecule has 2 heterocycles. The number of carbonyl (C=O) groups excluding carboxylic acids is 1. The lowest BCUT2D eigenvalue weighted by atomic mass is 9.96. The normalized spacial score (nSPS) is 14.4. The van der Waals surface area contributed by atoms with Crippen LogP contribution in [0.2, 0.25) is 0 Å². The number of hydrogen-bond donors (Lipinski definition) is 1. The van der Waals surface area contributed by atoms with Gasteiger partial charge in [-0.15, -0.1) is 11.3 Å². The number of aromatic nitrogens is 2. The van der Waals surface area contributed by atoms with Crippen molar-refractivity contribution in [1.29, 1.82) is 5.26 Å². The highest BCUT2D eigenvalue weighted by Gasteiger charge is 2.23. The SMILES string of the molecule is CC(Cn1cc([N+](=O)[O-])cn1)C(=O)Nc1sc2c(c1C#N)CCCC2. The summed E-state index contributed by atoms with van der Waals surface area (Å²) in [6, 6.07) is 2.22. The zero-order chi connectivity index (χ0) is 18.0. The van der Waals surface area contributed by atoms with E-state index in [1.165, 1.54) is 27.1 Å². The van der Waals surface area contributed by atoms with Gasteiger partial charge in [0.2, 0.25) is 5.91 Å². The highest BCUT2D eigenvalue weighted by molar-refractivity contribution is 7.16. The van der Waals surface area contributed by atoms with Crippen molar-refractivity contribution in [3.63, 3.8) is 0 Å². The van der Waals surface area contributed by atoms with Crippen molar-refractivity contribution >= 4 is 27.9 Å². The summed E-state index contributed by atoms with van der Waals surface area (Å²) >= 11 is 1.48. The maximum absolute atomic E-state index is 12.4. The lowest BCUT2D eigenvalue weighted by Gasteiger charge is -2.11. The summed E-state index contributed by atoms with van der Waals surface area (Å²) < 4.78 is 1.38. The maximum atomic E-state index is 12.4. The number of rotatable bonds is 5. The predicted molar refractivity (Wildman–Crippen MR) is 92.4 cm³/mol. The van der Waals surface area contributed by atoms with Crippen molar-refractivity contribution < 1.29 is 9.72 Å². The van der Waals surface area contributed by atoms with Gasteiger partial charge in [-0.3, -0.25) is 19.6 Å². The van der Waals surface area contributed by atoms with Crippen LogP contribution in [0.1, 0.15) is 35.8 Å². The molecule has 3 rings (SSSR count). The minimum Gasteiger partial charge on any atom is -0.316 e. The van der Waals surface area contributed by atoms with E-state index >= 15 is 0 Å². The molecule has 9 heteroatoms. The number of fused-ring (bicyclic) bond motifs is 1. The number of carbonyl (C=O) groups is 1. The Balaban J connectivity index is 1.70. The zero-order valence-electron chi connectivity index (χ0n) is 13.7. The summed E-state index contributed by atoms with van der Waals surface area (Å²) in [7, 11) is 0. The Labute approximate surface area is 148 Å². The number of nitrogens with one attached hydrogen (secondary N) is 1. The third-order valence-corrected chi connectivity index (χ3v) is 5.47. The highest BCUT2D eigenvalue weighted by atomic mass is 32.1. The van der Waals surface area contributed by atoms with E-state index in [-0.39, 0.29) is 18.1 Å². The minimum atomic E-state index is -0.524. The Morgan fingerprint density at radius 2 is 2.32 bits per heavy atom. The molecule has 0 aromatic carbocycles. The average molecular weight is 359 g/mol. The van der Waals surface area contributed by atoms with E-state index < -0.39 is 10.8 Å². The largest absolute Gasteiger partial charge is 0.316 e. The molecule has 1 amide bonds. The predicted octanol–water partition coefficient (Wildman–Crippen LogP) is 2.88. The topological polar surface area (TPSA) is 114 Å². The lowest BCUT2D eigenvalue weighted by molar-refractivity contribution is -0.385. The second-order valence-corrected chi connectivity index (χ2v) is 7.20. The molecule has 0 spiro atoms. The Bertz CT molecular complexity index is 864. The Morgan fingerprint density at radius 1 is 1.56 bits per heavy atom. The second kappa shape index (κ2) is 7.03. The van der Waals surface area contributed by atoms with Crippen LogP contribution in [-0.2, 0) is 24.2 Å². The molecular weight excluding hydrogens is 342 g/mol. The van der Waals surface area contributed by atoms with Gasteiger partial charge in [-0.05, 0) is 31.2 Å². The molecular formula is C16H17N5O3S. The molecule has 25 heavy (non-hydrogen) atoms. The number of amides is 1. The van der Waals surface area contributed by atoms with Gasteiger partial charge in [-0.25, -0.2) is 0 Å². The number of nitro groups is 1. The quantitative estimate of drug-likeness (QED) is 0.651. The van der Waals surface area contributed by atoms with Crippen molar-refractivity contribution in [3.8, 4) is 6.07 Å². The molecule has 0 saturated carbocycles. The van der Waals surface area contributed by atoms with Gasteiger partial charge in [0.15, 0.2) is 0 Å². The average Bonchev–Trinajstić information content (AvgIpc) is 3.18. The summed E-state index contributed by atoms with van der Waals surface area (Å²) in [6.45, 7) is 1.95. The summed E-state index contributed by atoms with van der Waals surface area (Å²) in [5.41, 5.74) is 1.55. The monoisotopic (exact) mass is 359 g/mol. The van der Waals surface area contributed by atoms with E-state index in [9.17, 15) is 20.2 Å². The molecule has 0 bridgehead atoms. The van der Waals surface area contributed by atoms with Crippen LogP contribution in [0.15, 0.2) is 12.4 Å². The molecule has 1 atom stereocenters. The standard InChI is InChI=1S/C16H17N5O3S/c1-10(8-20-9-11(7-18-20)21(23)24)15(22)19-16-13(6-17)12-4-2-3-5-14(12)25-16/h7,9-10H,2-5,8H2,1H3,(H,19,22). The second-order valence-electron chi connectivity index (χ2n) is 6.09. The van der Waals surface area contributed by atoms with Gasteiger partial charge >= 0.3 is 5.69 Å². The van der Waals surface area contributed by atoms with Crippen molar-refractivity contribution in [2.75, 3.05) is 5.32 Å². The summed E-state index contributed by atoms with van der Waals surface area (Å²) in [4.78, 5) is 23.8. The number of nitriles is 1.